The molecule has 0 unspecified atom stereocenters. The molecule has 0 aliphatic heterocycles. The van der Waals surface area contributed by atoms with Crippen LogP contribution in [0.4, 0.5) is 0 Å². The molecule has 0 aliphatic carbocycles. The predicted molar refractivity (Wildman–Crippen MR) is 117 cm³/mol. The van der Waals surface area contributed by atoms with Gasteiger partial charge in [-0.05, 0) is 37.1 Å². The Bertz CT molecular complexity index is 967. The molecule has 3 heteroatoms. The molecule has 1 heterocycles. The molecule has 0 amide bonds. The number of aryl methyl sites for hydroxylation is 1. The van der Waals surface area contributed by atoms with Crippen LogP contribution in [0.15, 0.2) is 54.6 Å². The first-order valence-corrected chi connectivity index (χ1v) is 10.4. The molecule has 0 N–H and O–H groups in total. The van der Waals surface area contributed by atoms with Crippen molar-refractivity contribution in [3.63, 3.8) is 0 Å². The summed E-state index contributed by atoms with van der Waals surface area (Å²) in [5, 5.41) is 2.49. The van der Waals surface area contributed by atoms with Crippen molar-refractivity contribution in [3.05, 3.63) is 60.2 Å². The van der Waals surface area contributed by atoms with Gasteiger partial charge in [0.1, 0.15) is 6.61 Å². The Morgan fingerprint density at radius 1 is 0.964 bits per heavy atom. The van der Waals surface area contributed by atoms with Crippen molar-refractivity contribution in [1.29, 1.82) is 0 Å². The number of nitrogens with zero attached hydrogens (tertiary/aromatic N) is 1. The highest BCUT2D eigenvalue weighted by atomic mass is 16.5. The average molecular weight is 378 g/mol. The summed E-state index contributed by atoms with van der Waals surface area (Å²) in [6.45, 7) is 8.88. The summed E-state index contributed by atoms with van der Waals surface area (Å²) in [4.78, 5) is 11.7. The number of para-hydroxylation sites is 1. The van der Waals surface area contributed by atoms with Gasteiger partial charge in [0.25, 0.3) is 0 Å². The van der Waals surface area contributed by atoms with Crippen LogP contribution in [0.2, 0.25) is 0 Å². The largest absolute Gasteiger partial charge is 0.457 e. The Balaban J connectivity index is 1.81. The lowest BCUT2D eigenvalue weighted by molar-refractivity contribution is -0.140. The Kier molecular flexibility index (Phi) is 6.91. The van der Waals surface area contributed by atoms with Gasteiger partial charge < -0.3 is 9.30 Å². The van der Waals surface area contributed by atoms with E-state index in [1.807, 2.05) is 0 Å². The number of unbranched alkanes of at least 4 members (excludes halogenated alkanes) is 5. The number of ether oxygens (including phenoxy) is 1. The van der Waals surface area contributed by atoms with Crippen LogP contribution < -0.4 is 0 Å². The fourth-order valence-electron chi connectivity index (χ4n) is 3.75. The van der Waals surface area contributed by atoms with Crippen LogP contribution >= 0.6 is 0 Å². The molecule has 0 radical (unpaired) electrons. The van der Waals surface area contributed by atoms with E-state index in [1.54, 1.807) is 6.92 Å². The molecule has 0 saturated heterocycles. The van der Waals surface area contributed by atoms with Gasteiger partial charge in [-0.1, -0.05) is 69.9 Å². The molecule has 148 valence electrons. The lowest BCUT2D eigenvalue weighted by atomic mass is 10.1. The normalized spacial score (nSPS) is 11.2. The number of hydrogen-bond acceptors (Lipinski definition) is 2. The molecule has 0 spiro atoms. The lowest BCUT2D eigenvalue weighted by Gasteiger charge is -2.08. The summed E-state index contributed by atoms with van der Waals surface area (Å²) in [6.07, 6.45) is 7.78. The molecule has 0 saturated carbocycles. The van der Waals surface area contributed by atoms with E-state index in [9.17, 15) is 4.79 Å². The molecule has 0 atom stereocenters. The van der Waals surface area contributed by atoms with E-state index < -0.39 is 0 Å². The first kappa shape index (κ1) is 20.2. The highest BCUT2D eigenvalue weighted by Crippen LogP contribution is 2.30. The molecule has 3 rings (SSSR count). The molecule has 0 fully saturated rings. The number of fused-ring (bicyclic) bond motifs is 3. The Morgan fingerprint density at radius 3 is 2.46 bits per heavy atom. The quantitative estimate of drug-likeness (QED) is 0.222. The second-order valence-electron chi connectivity index (χ2n) is 7.64. The topological polar surface area (TPSA) is 31.2 Å². The maximum absolute atomic E-state index is 11.7. The van der Waals surface area contributed by atoms with Crippen LogP contribution in [0.25, 0.3) is 21.8 Å². The van der Waals surface area contributed by atoms with E-state index >= 15 is 0 Å². The SMILES string of the molecule is C=C(C)C(=O)OCc1ccc2c(c1)c1ccccc1n2CCCCCCCC. The highest BCUT2D eigenvalue weighted by molar-refractivity contribution is 6.08. The minimum absolute atomic E-state index is 0.276. The van der Waals surface area contributed by atoms with Gasteiger partial charge in [0.15, 0.2) is 0 Å². The molecule has 0 aliphatic rings. The fraction of sp³-hybridized carbons (Fsp3) is 0.400. The van der Waals surface area contributed by atoms with Crippen LogP contribution in [0.5, 0.6) is 0 Å². The second-order valence-corrected chi connectivity index (χ2v) is 7.64. The van der Waals surface area contributed by atoms with Crippen molar-refractivity contribution >= 4 is 27.8 Å². The molecular formula is C25H31NO2. The second kappa shape index (κ2) is 9.59. The van der Waals surface area contributed by atoms with E-state index in [4.69, 9.17) is 4.74 Å². The molecule has 3 aromatic rings. The summed E-state index contributed by atoms with van der Waals surface area (Å²) in [7, 11) is 0. The molecular weight excluding hydrogens is 346 g/mol. The van der Waals surface area contributed by atoms with E-state index in [-0.39, 0.29) is 12.6 Å². The van der Waals surface area contributed by atoms with Crippen molar-refractivity contribution in [3.8, 4) is 0 Å². The monoisotopic (exact) mass is 377 g/mol. The zero-order valence-corrected chi connectivity index (χ0v) is 17.2. The number of hydrogen-bond donors (Lipinski definition) is 0. The van der Waals surface area contributed by atoms with Crippen LogP contribution in [0.3, 0.4) is 0 Å². The number of benzene rings is 2. The fourth-order valence-corrected chi connectivity index (χ4v) is 3.75. The molecule has 28 heavy (non-hydrogen) atoms. The van der Waals surface area contributed by atoms with Gasteiger partial charge >= 0.3 is 5.97 Å². The summed E-state index contributed by atoms with van der Waals surface area (Å²) in [5.41, 5.74) is 3.97. The van der Waals surface area contributed by atoms with Crippen LogP contribution in [0.1, 0.15) is 57.9 Å². The van der Waals surface area contributed by atoms with Gasteiger partial charge in [-0.15, -0.1) is 0 Å². The number of aromatic nitrogens is 1. The summed E-state index contributed by atoms with van der Waals surface area (Å²) < 4.78 is 7.76. The van der Waals surface area contributed by atoms with Crippen molar-refractivity contribution in [2.75, 3.05) is 0 Å². The first-order valence-electron chi connectivity index (χ1n) is 10.4. The summed E-state index contributed by atoms with van der Waals surface area (Å²) in [5.74, 6) is -0.342. The van der Waals surface area contributed by atoms with E-state index in [0.717, 1.165) is 12.1 Å². The van der Waals surface area contributed by atoms with E-state index in [1.165, 1.54) is 60.3 Å². The maximum atomic E-state index is 11.7. The molecule has 2 aromatic carbocycles. The van der Waals surface area contributed by atoms with E-state index in [2.05, 4.69) is 60.5 Å². The Morgan fingerprint density at radius 2 is 1.68 bits per heavy atom. The zero-order valence-electron chi connectivity index (χ0n) is 17.2. The first-order chi connectivity index (χ1) is 13.6. The highest BCUT2D eigenvalue weighted by Gasteiger charge is 2.11. The van der Waals surface area contributed by atoms with Gasteiger partial charge in [0.05, 0.1) is 0 Å². The van der Waals surface area contributed by atoms with Gasteiger partial charge in [0, 0.05) is 33.9 Å². The van der Waals surface area contributed by atoms with E-state index in [0.29, 0.717) is 5.57 Å². The van der Waals surface area contributed by atoms with Crippen LogP contribution in [0, 0.1) is 0 Å². The smallest absolute Gasteiger partial charge is 0.333 e. The van der Waals surface area contributed by atoms with Crippen LogP contribution in [-0.4, -0.2) is 10.5 Å². The number of carbonyl (C=O) groups excluding carboxylic acids is 1. The Labute approximate surface area is 168 Å². The zero-order chi connectivity index (χ0) is 19.9. The van der Waals surface area contributed by atoms with Gasteiger partial charge in [-0.3, -0.25) is 0 Å². The van der Waals surface area contributed by atoms with Crippen molar-refractivity contribution < 1.29 is 9.53 Å². The Hall–Kier alpha value is -2.55. The third-order valence-electron chi connectivity index (χ3n) is 5.29. The number of esters is 1. The third kappa shape index (κ3) is 4.64. The summed E-state index contributed by atoms with van der Waals surface area (Å²) >= 11 is 0. The number of carbonyl (C=O) groups is 1. The third-order valence-corrected chi connectivity index (χ3v) is 5.29. The predicted octanol–water partition coefficient (Wildman–Crippen LogP) is 6.77. The molecule has 1 aromatic heterocycles. The molecule has 3 nitrogen and oxygen atoms in total. The van der Waals surface area contributed by atoms with Gasteiger partial charge in [-0.2, -0.15) is 0 Å². The summed E-state index contributed by atoms with van der Waals surface area (Å²) in [6, 6.07) is 15.0. The molecule has 0 bridgehead atoms. The minimum atomic E-state index is -0.342. The average Bonchev–Trinajstić information content (AvgIpc) is 3.02. The minimum Gasteiger partial charge on any atom is -0.457 e. The lowest BCUT2D eigenvalue weighted by Crippen LogP contribution is -2.04. The maximum Gasteiger partial charge on any atom is 0.333 e. The van der Waals surface area contributed by atoms with Crippen molar-refractivity contribution in [2.24, 2.45) is 0 Å². The van der Waals surface area contributed by atoms with Gasteiger partial charge in [0.2, 0.25) is 0 Å². The number of rotatable bonds is 10. The van der Waals surface area contributed by atoms with Crippen molar-refractivity contribution in [2.45, 2.75) is 65.5 Å². The standard InChI is InChI=1S/C25H31NO2/c1-4-5-6-7-8-11-16-26-23-13-10-9-12-21(23)22-17-20(14-15-24(22)26)18-28-25(27)19(2)3/h9-10,12-15,17H,2,4-8,11,16,18H2,1,3H3. The van der Waals surface area contributed by atoms with Crippen molar-refractivity contribution in [1.82, 2.24) is 4.57 Å². The van der Waals surface area contributed by atoms with Gasteiger partial charge in [-0.25, -0.2) is 4.79 Å². The van der Waals surface area contributed by atoms with Crippen LogP contribution in [-0.2, 0) is 22.7 Å².